The van der Waals surface area contributed by atoms with E-state index in [-0.39, 0.29) is 22.6 Å². The maximum absolute atomic E-state index is 11.5. The lowest BCUT2D eigenvalue weighted by Gasteiger charge is -2.06. The van der Waals surface area contributed by atoms with Crippen molar-refractivity contribution in [1.82, 2.24) is 15.4 Å². The average Bonchev–Trinajstić information content (AvgIpc) is 3.04. The van der Waals surface area contributed by atoms with Gasteiger partial charge in [-0.2, -0.15) is 15.4 Å². The van der Waals surface area contributed by atoms with Gasteiger partial charge in [-0.1, -0.05) is 29.8 Å². The van der Waals surface area contributed by atoms with Gasteiger partial charge in [0, 0.05) is 6.07 Å². The Morgan fingerprint density at radius 2 is 1.79 bits per heavy atom. The SMILES string of the molecule is Cc1ccc(-c2ccc([N+](=O)[O-])c(-c3n[nH]nc3C(N)=O)c2)cc1. The molecule has 1 amide bonds. The number of benzene rings is 2. The van der Waals surface area contributed by atoms with E-state index in [4.69, 9.17) is 5.73 Å². The standard InChI is InChI=1S/C16H13N5O3/c1-9-2-4-10(5-3-9)11-6-7-13(21(23)24)12(8-11)14-15(16(17)22)19-20-18-14/h2-8H,1H3,(H2,17,22)(H,18,19,20). The van der Waals surface area contributed by atoms with Gasteiger partial charge >= 0.3 is 0 Å². The van der Waals surface area contributed by atoms with E-state index in [0.29, 0.717) is 0 Å². The third-order valence-corrected chi connectivity index (χ3v) is 3.61. The predicted octanol–water partition coefficient (Wildman–Crippen LogP) is 2.45. The van der Waals surface area contributed by atoms with Gasteiger partial charge < -0.3 is 5.73 Å². The number of nitrogens with two attached hydrogens (primary N) is 1. The van der Waals surface area contributed by atoms with Gasteiger partial charge in [-0.05, 0) is 30.2 Å². The van der Waals surface area contributed by atoms with Crippen LogP contribution in [0.25, 0.3) is 22.4 Å². The fourth-order valence-corrected chi connectivity index (χ4v) is 2.40. The summed E-state index contributed by atoms with van der Waals surface area (Å²) in [6.07, 6.45) is 0. The molecular weight excluding hydrogens is 310 g/mol. The Morgan fingerprint density at radius 1 is 1.12 bits per heavy atom. The second-order valence-corrected chi connectivity index (χ2v) is 5.24. The minimum atomic E-state index is -0.811. The molecule has 0 saturated carbocycles. The summed E-state index contributed by atoms with van der Waals surface area (Å²) >= 11 is 0. The van der Waals surface area contributed by atoms with Crippen molar-refractivity contribution in [2.75, 3.05) is 0 Å². The van der Waals surface area contributed by atoms with Crippen molar-refractivity contribution in [3.05, 3.63) is 63.8 Å². The van der Waals surface area contributed by atoms with Crippen molar-refractivity contribution < 1.29 is 9.72 Å². The monoisotopic (exact) mass is 323 g/mol. The molecule has 120 valence electrons. The number of H-pyrrole nitrogens is 1. The minimum Gasteiger partial charge on any atom is -0.364 e. The summed E-state index contributed by atoms with van der Waals surface area (Å²) in [6, 6.07) is 12.4. The van der Waals surface area contributed by atoms with Crippen LogP contribution in [0.5, 0.6) is 0 Å². The molecule has 3 rings (SSSR count). The van der Waals surface area contributed by atoms with E-state index in [0.717, 1.165) is 16.7 Å². The third-order valence-electron chi connectivity index (χ3n) is 3.61. The summed E-state index contributed by atoms with van der Waals surface area (Å²) in [5.41, 5.74) is 7.93. The summed E-state index contributed by atoms with van der Waals surface area (Å²) < 4.78 is 0. The highest BCUT2D eigenvalue weighted by Gasteiger charge is 2.24. The molecular formula is C16H13N5O3. The molecule has 0 radical (unpaired) electrons. The first-order chi connectivity index (χ1) is 11.5. The van der Waals surface area contributed by atoms with Crippen molar-refractivity contribution in [3.8, 4) is 22.4 Å². The van der Waals surface area contributed by atoms with Crippen LogP contribution in [-0.4, -0.2) is 26.2 Å². The number of carbonyl (C=O) groups is 1. The van der Waals surface area contributed by atoms with Crippen LogP contribution in [0, 0.1) is 17.0 Å². The van der Waals surface area contributed by atoms with Crippen LogP contribution < -0.4 is 5.73 Å². The molecule has 0 spiro atoms. The molecule has 1 aromatic heterocycles. The number of aryl methyl sites for hydroxylation is 1. The molecule has 8 nitrogen and oxygen atoms in total. The molecule has 0 aliphatic heterocycles. The summed E-state index contributed by atoms with van der Waals surface area (Å²) in [5, 5.41) is 21.1. The number of nitro benzene ring substituents is 1. The molecule has 3 N–H and O–H groups in total. The maximum atomic E-state index is 11.5. The lowest BCUT2D eigenvalue weighted by molar-refractivity contribution is -0.384. The second kappa shape index (κ2) is 5.92. The number of carbonyl (C=O) groups excluding carboxylic acids is 1. The second-order valence-electron chi connectivity index (χ2n) is 5.24. The molecule has 8 heteroatoms. The molecule has 0 atom stereocenters. The first kappa shape index (κ1) is 15.3. The predicted molar refractivity (Wildman–Crippen MR) is 87.2 cm³/mol. The van der Waals surface area contributed by atoms with Crippen molar-refractivity contribution in [1.29, 1.82) is 0 Å². The van der Waals surface area contributed by atoms with Gasteiger partial charge in [-0.3, -0.25) is 14.9 Å². The summed E-state index contributed by atoms with van der Waals surface area (Å²) in [7, 11) is 0. The summed E-state index contributed by atoms with van der Waals surface area (Å²) in [6.45, 7) is 1.97. The van der Waals surface area contributed by atoms with Gasteiger partial charge in [-0.25, -0.2) is 0 Å². The highest BCUT2D eigenvalue weighted by atomic mass is 16.6. The Morgan fingerprint density at radius 3 is 2.42 bits per heavy atom. The minimum absolute atomic E-state index is 0.0585. The van der Waals surface area contributed by atoms with E-state index >= 15 is 0 Å². The van der Waals surface area contributed by atoms with E-state index in [2.05, 4.69) is 15.4 Å². The first-order valence-corrected chi connectivity index (χ1v) is 7.04. The number of hydrogen-bond acceptors (Lipinski definition) is 5. The molecule has 1 heterocycles. The molecule has 2 aromatic carbocycles. The summed E-state index contributed by atoms with van der Waals surface area (Å²) in [5.74, 6) is -0.811. The largest absolute Gasteiger partial charge is 0.364 e. The van der Waals surface area contributed by atoms with E-state index < -0.39 is 10.8 Å². The maximum Gasteiger partial charge on any atom is 0.278 e. The number of rotatable bonds is 4. The highest BCUT2D eigenvalue weighted by molar-refractivity contribution is 5.98. The zero-order chi connectivity index (χ0) is 17.3. The fourth-order valence-electron chi connectivity index (χ4n) is 2.40. The van der Waals surface area contributed by atoms with Crippen molar-refractivity contribution in [3.63, 3.8) is 0 Å². The zero-order valence-electron chi connectivity index (χ0n) is 12.7. The Hall–Kier alpha value is -3.55. The number of primary amides is 1. The van der Waals surface area contributed by atoms with E-state index in [1.54, 1.807) is 12.1 Å². The quantitative estimate of drug-likeness (QED) is 0.563. The number of nitrogens with zero attached hydrogens (tertiary/aromatic N) is 3. The molecule has 0 saturated heterocycles. The number of amides is 1. The Kier molecular flexibility index (Phi) is 3.78. The fraction of sp³-hybridized carbons (Fsp3) is 0.0625. The van der Waals surface area contributed by atoms with E-state index in [1.807, 2.05) is 31.2 Å². The normalized spacial score (nSPS) is 10.5. The Bertz CT molecular complexity index is 931. The van der Waals surface area contributed by atoms with Crippen LogP contribution in [0.3, 0.4) is 0 Å². The van der Waals surface area contributed by atoms with Crippen LogP contribution in [0.1, 0.15) is 16.1 Å². The van der Waals surface area contributed by atoms with E-state index in [1.165, 1.54) is 6.07 Å². The van der Waals surface area contributed by atoms with Crippen LogP contribution in [0.15, 0.2) is 42.5 Å². The van der Waals surface area contributed by atoms with E-state index in [9.17, 15) is 14.9 Å². The highest BCUT2D eigenvalue weighted by Crippen LogP contribution is 2.34. The Labute approximate surface area is 136 Å². The van der Waals surface area contributed by atoms with Gasteiger partial charge in [0.05, 0.1) is 10.5 Å². The van der Waals surface area contributed by atoms with Crippen molar-refractivity contribution in [2.45, 2.75) is 6.92 Å². The van der Waals surface area contributed by atoms with Crippen LogP contribution in [0.2, 0.25) is 0 Å². The topological polar surface area (TPSA) is 128 Å². The number of aromatic amines is 1. The van der Waals surface area contributed by atoms with Gasteiger partial charge in [0.2, 0.25) is 0 Å². The molecule has 0 unspecified atom stereocenters. The zero-order valence-corrected chi connectivity index (χ0v) is 12.7. The van der Waals surface area contributed by atoms with Gasteiger partial charge in [-0.15, -0.1) is 0 Å². The average molecular weight is 323 g/mol. The number of nitrogens with one attached hydrogen (secondary N) is 1. The molecule has 0 aliphatic rings. The molecule has 24 heavy (non-hydrogen) atoms. The number of nitro groups is 1. The molecule has 0 aliphatic carbocycles. The van der Waals surface area contributed by atoms with Crippen LogP contribution >= 0.6 is 0 Å². The lowest BCUT2D eigenvalue weighted by Crippen LogP contribution is -2.13. The van der Waals surface area contributed by atoms with Gasteiger partial charge in [0.1, 0.15) is 5.69 Å². The Balaban J connectivity index is 2.20. The summed E-state index contributed by atoms with van der Waals surface area (Å²) in [4.78, 5) is 22.2. The first-order valence-electron chi connectivity index (χ1n) is 7.04. The molecule has 0 bridgehead atoms. The van der Waals surface area contributed by atoms with Crippen LogP contribution in [0.4, 0.5) is 5.69 Å². The third kappa shape index (κ3) is 2.72. The smallest absolute Gasteiger partial charge is 0.278 e. The lowest BCUT2D eigenvalue weighted by atomic mass is 9.99. The van der Waals surface area contributed by atoms with Crippen molar-refractivity contribution >= 4 is 11.6 Å². The van der Waals surface area contributed by atoms with Crippen molar-refractivity contribution in [2.24, 2.45) is 5.73 Å². The molecule has 0 fully saturated rings. The molecule has 3 aromatic rings. The number of aromatic nitrogens is 3. The number of hydrogen-bond donors (Lipinski definition) is 2. The van der Waals surface area contributed by atoms with Gasteiger partial charge in [0.15, 0.2) is 5.69 Å². The van der Waals surface area contributed by atoms with Crippen LogP contribution in [-0.2, 0) is 0 Å². The van der Waals surface area contributed by atoms with Gasteiger partial charge in [0.25, 0.3) is 11.6 Å².